The van der Waals surface area contributed by atoms with Crippen LogP contribution in [0.25, 0.3) is 0 Å². The van der Waals surface area contributed by atoms with E-state index in [1.807, 2.05) is 0 Å². The van der Waals surface area contributed by atoms with E-state index in [0.29, 0.717) is 11.3 Å². The maximum atomic E-state index is 11.2. The van der Waals surface area contributed by atoms with Crippen LogP contribution in [0.1, 0.15) is 42.6 Å². The number of rotatable bonds is 3. The van der Waals surface area contributed by atoms with Crippen LogP contribution in [0.5, 0.6) is 0 Å². The van der Waals surface area contributed by atoms with E-state index in [1.54, 1.807) is 6.92 Å². The standard InChI is InChI=1S/C14H18N2O4/c1-9-11(15-6-4-5-14(15,2)3)7-10(13(17)18)8-12(9)16(19)20/h7-8H,4-6H2,1-3H3,(H,17,18). The highest BCUT2D eigenvalue weighted by molar-refractivity contribution is 5.91. The summed E-state index contributed by atoms with van der Waals surface area (Å²) < 4.78 is 0. The van der Waals surface area contributed by atoms with Crippen LogP contribution in [0, 0.1) is 17.0 Å². The summed E-state index contributed by atoms with van der Waals surface area (Å²) in [6.45, 7) is 6.60. The van der Waals surface area contributed by atoms with Crippen molar-refractivity contribution in [1.29, 1.82) is 0 Å². The summed E-state index contributed by atoms with van der Waals surface area (Å²) in [6, 6.07) is 2.67. The van der Waals surface area contributed by atoms with Gasteiger partial charge in [-0.25, -0.2) is 4.79 Å². The van der Waals surface area contributed by atoms with Gasteiger partial charge in [0.05, 0.1) is 16.1 Å². The summed E-state index contributed by atoms with van der Waals surface area (Å²) in [5, 5.41) is 20.3. The van der Waals surface area contributed by atoms with Crippen molar-refractivity contribution in [1.82, 2.24) is 0 Å². The number of carbonyl (C=O) groups is 1. The molecule has 108 valence electrons. The van der Waals surface area contributed by atoms with Gasteiger partial charge in [-0.1, -0.05) is 0 Å². The molecule has 0 atom stereocenters. The van der Waals surface area contributed by atoms with E-state index < -0.39 is 10.9 Å². The first-order valence-electron chi connectivity index (χ1n) is 6.54. The molecule has 0 aromatic heterocycles. The summed E-state index contributed by atoms with van der Waals surface area (Å²) >= 11 is 0. The molecular formula is C14H18N2O4. The molecule has 1 saturated heterocycles. The van der Waals surface area contributed by atoms with Crippen LogP contribution in [0.2, 0.25) is 0 Å². The number of aromatic carboxylic acids is 1. The van der Waals surface area contributed by atoms with Crippen molar-refractivity contribution in [3.63, 3.8) is 0 Å². The second kappa shape index (κ2) is 4.77. The molecule has 0 unspecified atom stereocenters. The third-order valence-corrected chi connectivity index (χ3v) is 3.99. The van der Waals surface area contributed by atoms with Gasteiger partial charge in [0.25, 0.3) is 5.69 Å². The van der Waals surface area contributed by atoms with Gasteiger partial charge < -0.3 is 10.0 Å². The van der Waals surface area contributed by atoms with Crippen LogP contribution in [-0.2, 0) is 0 Å². The van der Waals surface area contributed by atoms with Crippen LogP contribution in [0.3, 0.4) is 0 Å². The van der Waals surface area contributed by atoms with Crippen LogP contribution < -0.4 is 4.90 Å². The van der Waals surface area contributed by atoms with E-state index in [2.05, 4.69) is 18.7 Å². The molecule has 0 amide bonds. The lowest BCUT2D eigenvalue weighted by atomic mass is 9.99. The molecule has 1 aromatic carbocycles. The molecule has 0 radical (unpaired) electrons. The van der Waals surface area contributed by atoms with Gasteiger partial charge in [-0.3, -0.25) is 10.1 Å². The zero-order valence-electron chi connectivity index (χ0n) is 11.8. The summed E-state index contributed by atoms with van der Waals surface area (Å²) in [7, 11) is 0. The number of carboxylic acids is 1. The van der Waals surface area contributed by atoms with Gasteiger partial charge in [-0.15, -0.1) is 0 Å². The van der Waals surface area contributed by atoms with Crippen molar-refractivity contribution in [2.75, 3.05) is 11.4 Å². The average molecular weight is 278 g/mol. The molecule has 6 heteroatoms. The topological polar surface area (TPSA) is 83.7 Å². The predicted molar refractivity (Wildman–Crippen MR) is 75.5 cm³/mol. The van der Waals surface area contributed by atoms with E-state index >= 15 is 0 Å². The Kier molecular flexibility index (Phi) is 3.41. The number of nitrogens with zero attached hydrogens (tertiary/aromatic N) is 2. The van der Waals surface area contributed by atoms with Gasteiger partial charge >= 0.3 is 5.97 Å². The van der Waals surface area contributed by atoms with Gasteiger partial charge in [-0.2, -0.15) is 0 Å². The molecule has 0 bridgehead atoms. The van der Waals surface area contributed by atoms with Gasteiger partial charge in [0, 0.05) is 23.8 Å². The Morgan fingerprint density at radius 3 is 2.55 bits per heavy atom. The maximum Gasteiger partial charge on any atom is 0.336 e. The quantitative estimate of drug-likeness (QED) is 0.678. The lowest BCUT2D eigenvalue weighted by Crippen LogP contribution is -2.38. The molecule has 6 nitrogen and oxygen atoms in total. The van der Waals surface area contributed by atoms with Crippen molar-refractivity contribution in [2.45, 2.75) is 39.2 Å². The molecule has 0 spiro atoms. The Hall–Kier alpha value is -2.11. The third-order valence-electron chi connectivity index (χ3n) is 3.99. The summed E-state index contributed by atoms with van der Waals surface area (Å²) in [5.41, 5.74) is 0.882. The number of carboxylic acid groups (broad SMARTS) is 1. The normalized spacial score (nSPS) is 17.2. The molecule has 1 aliphatic rings. The first-order chi connectivity index (χ1) is 9.24. The minimum Gasteiger partial charge on any atom is -0.478 e. The third kappa shape index (κ3) is 2.33. The first-order valence-corrected chi connectivity index (χ1v) is 6.54. The summed E-state index contributed by atoms with van der Waals surface area (Å²) in [4.78, 5) is 23.8. The lowest BCUT2D eigenvalue weighted by Gasteiger charge is -2.34. The Morgan fingerprint density at radius 1 is 1.45 bits per heavy atom. The smallest absolute Gasteiger partial charge is 0.336 e. The zero-order valence-corrected chi connectivity index (χ0v) is 11.8. The highest BCUT2D eigenvalue weighted by Crippen LogP contribution is 2.38. The molecule has 1 aliphatic heterocycles. The number of hydrogen-bond donors (Lipinski definition) is 1. The molecule has 2 rings (SSSR count). The van der Waals surface area contributed by atoms with Crippen LogP contribution in [0.4, 0.5) is 11.4 Å². The monoisotopic (exact) mass is 278 g/mol. The average Bonchev–Trinajstić information content (AvgIpc) is 2.68. The van der Waals surface area contributed by atoms with Gasteiger partial charge in [0.15, 0.2) is 0 Å². The lowest BCUT2D eigenvalue weighted by molar-refractivity contribution is -0.385. The zero-order chi connectivity index (χ0) is 15.1. The Labute approximate surface area is 117 Å². The largest absolute Gasteiger partial charge is 0.478 e. The van der Waals surface area contributed by atoms with Crippen molar-refractivity contribution in [2.24, 2.45) is 0 Å². The first kappa shape index (κ1) is 14.3. The van der Waals surface area contributed by atoms with Crippen molar-refractivity contribution < 1.29 is 14.8 Å². The summed E-state index contributed by atoms with van der Waals surface area (Å²) in [6.07, 6.45) is 1.98. The highest BCUT2D eigenvalue weighted by Gasteiger charge is 2.34. The number of nitro benzene ring substituents is 1. The fourth-order valence-corrected chi connectivity index (χ4v) is 2.83. The highest BCUT2D eigenvalue weighted by atomic mass is 16.6. The van der Waals surface area contributed by atoms with Crippen LogP contribution in [-0.4, -0.2) is 28.1 Å². The van der Waals surface area contributed by atoms with Gasteiger partial charge in [-0.05, 0) is 39.7 Å². The molecule has 20 heavy (non-hydrogen) atoms. The molecule has 1 aromatic rings. The van der Waals surface area contributed by atoms with E-state index in [0.717, 1.165) is 25.5 Å². The fraction of sp³-hybridized carbons (Fsp3) is 0.500. The molecular weight excluding hydrogens is 260 g/mol. The van der Waals surface area contributed by atoms with E-state index in [9.17, 15) is 14.9 Å². The molecule has 0 aliphatic carbocycles. The van der Waals surface area contributed by atoms with Crippen LogP contribution in [0.15, 0.2) is 12.1 Å². The van der Waals surface area contributed by atoms with E-state index in [-0.39, 0.29) is 16.8 Å². The van der Waals surface area contributed by atoms with Crippen LogP contribution >= 0.6 is 0 Å². The fourth-order valence-electron chi connectivity index (χ4n) is 2.83. The van der Waals surface area contributed by atoms with E-state index in [1.165, 1.54) is 6.07 Å². The Morgan fingerprint density at radius 2 is 2.10 bits per heavy atom. The molecule has 0 saturated carbocycles. The van der Waals surface area contributed by atoms with Crippen molar-refractivity contribution in [3.05, 3.63) is 33.4 Å². The molecule has 1 heterocycles. The second-order valence-electron chi connectivity index (χ2n) is 5.77. The number of anilines is 1. The summed E-state index contributed by atoms with van der Waals surface area (Å²) in [5.74, 6) is -1.15. The number of nitro groups is 1. The Bertz CT molecular complexity index is 581. The predicted octanol–water partition coefficient (Wildman–Crippen LogP) is 2.98. The Balaban J connectivity index is 2.63. The van der Waals surface area contributed by atoms with E-state index in [4.69, 9.17) is 5.11 Å². The number of hydrogen-bond acceptors (Lipinski definition) is 4. The minimum absolute atomic E-state index is 0.0417. The second-order valence-corrected chi connectivity index (χ2v) is 5.77. The number of benzene rings is 1. The SMILES string of the molecule is Cc1c(N2CCCC2(C)C)cc(C(=O)O)cc1[N+](=O)[O-]. The molecule has 1 fully saturated rings. The van der Waals surface area contributed by atoms with Crippen molar-refractivity contribution >= 4 is 17.3 Å². The van der Waals surface area contributed by atoms with Gasteiger partial charge in [0.1, 0.15) is 0 Å². The maximum absolute atomic E-state index is 11.2. The van der Waals surface area contributed by atoms with Crippen molar-refractivity contribution in [3.8, 4) is 0 Å². The minimum atomic E-state index is -1.15. The van der Waals surface area contributed by atoms with Gasteiger partial charge in [0.2, 0.25) is 0 Å². The molecule has 1 N–H and O–H groups in total.